The summed E-state index contributed by atoms with van der Waals surface area (Å²) in [6.45, 7) is 9.10. The highest BCUT2D eigenvalue weighted by Gasteiger charge is 2.16. The minimum Gasteiger partial charge on any atom is -0.341 e. The number of hydrogen-bond donors (Lipinski definition) is 0. The highest BCUT2D eigenvalue weighted by molar-refractivity contribution is 7.12. The van der Waals surface area contributed by atoms with Gasteiger partial charge in [0.15, 0.2) is 0 Å². The molecule has 1 heterocycles. The Morgan fingerprint density at radius 2 is 2.07 bits per heavy atom. The van der Waals surface area contributed by atoms with Crippen LogP contribution in [-0.4, -0.2) is 24.4 Å². The van der Waals surface area contributed by atoms with Gasteiger partial charge in [-0.25, -0.2) is 0 Å². The quantitative estimate of drug-likeness (QED) is 0.774. The fourth-order valence-corrected chi connectivity index (χ4v) is 2.60. The van der Waals surface area contributed by atoms with E-state index >= 15 is 0 Å². The van der Waals surface area contributed by atoms with Gasteiger partial charge in [0.1, 0.15) is 0 Å². The second kappa shape index (κ2) is 4.79. The minimum atomic E-state index is 0.144. The number of rotatable bonds is 3. The molecule has 1 amide bonds. The zero-order valence-corrected chi connectivity index (χ0v) is 10.9. The van der Waals surface area contributed by atoms with Crippen LogP contribution in [0.25, 0.3) is 0 Å². The molecule has 0 aliphatic rings. The SMILES string of the molecule is Cc1cc(C(=O)N(C)CC(C)C)c(C)s1. The molecule has 0 aliphatic carbocycles. The topological polar surface area (TPSA) is 20.3 Å². The lowest BCUT2D eigenvalue weighted by Crippen LogP contribution is -2.30. The summed E-state index contributed by atoms with van der Waals surface area (Å²) < 4.78 is 0. The predicted molar refractivity (Wildman–Crippen MR) is 65.6 cm³/mol. The van der Waals surface area contributed by atoms with E-state index in [4.69, 9.17) is 0 Å². The van der Waals surface area contributed by atoms with Crippen LogP contribution in [0.5, 0.6) is 0 Å². The molecular weight excluding hydrogens is 206 g/mol. The Morgan fingerprint density at radius 1 is 1.47 bits per heavy atom. The van der Waals surface area contributed by atoms with Crippen LogP contribution in [0, 0.1) is 19.8 Å². The van der Waals surface area contributed by atoms with E-state index in [0.29, 0.717) is 5.92 Å². The molecule has 0 N–H and O–H groups in total. The van der Waals surface area contributed by atoms with E-state index in [2.05, 4.69) is 13.8 Å². The number of carbonyl (C=O) groups excluding carboxylic acids is 1. The fourth-order valence-electron chi connectivity index (χ4n) is 1.68. The molecule has 0 radical (unpaired) electrons. The lowest BCUT2D eigenvalue weighted by atomic mass is 10.2. The van der Waals surface area contributed by atoms with E-state index < -0.39 is 0 Å². The number of aryl methyl sites for hydroxylation is 2. The first-order valence-corrected chi connectivity index (χ1v) is 6.06. The van der Waals surface area contributed by atoms with Crippen LogP contribution in [0.3, 0.4) is 0 Å². The van der Waals surface area contributed by atoms with Gasteiger partial charge in [-0.05, 0) is 25.8 Å². The first kappa shape index (κ1) is 12.2. The number of nitrogens with zero attached hydrogens (tertiary/aromatic N) is 1. The summed E-state index contributed by atoms with van der Waals surface area (Å²) in [4.78, 5) is 16.2. The van der Waals surface area contributed by atoms with Gasteiger partial charge in [0.25, 0.3) is 5.91 Å². The van der Waals surface area contributed by atoms with Gasteiger partial charge in [-0.3, -0.25) is 4.79 Å². The standard InChI is InChI=1S/C12H19NOS/c1-8(2)7-13(5)12(14)11-6-9(3)15-10(11)4/h6,8H,7H2,1-5H3. The molecule has 2 nitrogen and oxygen atoms in total. The smallest absolute Gasteiger partial charge is 0.254 e. The van der Waals surface area contributed by atoms with Gasteiger partial charge in [0.2, 0.25) is 0 Å². The Bertz CT molecular complexity index is 355. The van der Waals surface area contributed by atoms with Gasteiger partial charge >= 0.3 is 0 Å². The lowest BCUT2D eigenvalue weighted by molar-refractivity contribution is 0.0779. The zero-order valence-electron chi connectivity index (χ0n) is 10.1. The number of hydrogen-bond acceptors (Lipinski definition) is 2. The molecule has 0 spiro atoms. The molecule has 1 aromatic heterocycles. The third-order valence-corrected chi connectivity index (χ3v) is 3.22. The fraction of sp³-hybridized carbons (Fsp3) is 0.583. The third kappa shape index (κ3) is 3.06. The van der Waals surface area contributed by atoms with Crippen LogP contribution in [-0.2, 0) is 0 Å². The molecule has 1 aromatic rings. The zero-order chi connectivity index (χ0) is 11.6. The van der Waals surface area contributed by atoms with Crippen LogP contribution >= 0.6 is 11.3 Å². The molecule has 0 aliphatic heterocycles. The molecule has 15 heavy (non-hydrogen) atoms. The van der Waals surface area contributed by atoms with Gasteiger partial charge in [-0.1, -0.05) is 13.8 Å². The number of thiophene rings is 1. The third-order valence-electron chi connectivity index (χ3n) is 2.26. The lowest BCUT2D eigenvalue weighted by Gasteiger charge is -2.19. The molecule has 0 saturated heterocycles. The van der Waals surface area contributed by atoms with Crippen molar-refractivity contribution in [2.24, 2.45) is 5.92 Å². The molecule has 0 unspecified atom stereocenters. The Kier molecular flexibility index (Phi) is 3.91. The normalized spacial score (nSPS) is 10.8. The second-order valence-electron chi connectivity index (χ2n) is 4.41. The van der Waals surface area contributed by atoms with E-state index in [9.17, 15) is 4.79 Å². The van der Waals surface area contributed by atoms with Crippen LogP contribution in [0.2, 0.25) is 0 Å². The van der Waals surface area contributed by atoms with E-state index in [-0.39, 0.29) is 5.91 Å². The Hall–Kier alpha value is -0.830. The molecule has 0 saturated carbocycles. The first-order chi connectivity index (χ1) is 6.91. The maximum absolute atomic E-state index is 12.0. The summed E-state index contributed by atoms with van der Waals surface area (Å²) >= 11 is 1.69. The van der Waals surface area contributed by atoms with Crippen molar-refractivity contribution < 1.29 is 4.79 Å². The Labute approximate surface area is 95.9 Å². The molecule has 0 aromatic carbocycles. The highest BCUT2D eigenvalue weighted by Crippen LogP contribution is 2.21. The molecule has 3 heteroatoms. The van der Waals surface area contributed by atoms with Gasteiger partial charge in [-0.15, -0.1) is 11.3 Å². The minimum absolute atomic E-state index is 0.144. The molecule has 84 valence electrons. The number of carbonyl (C=O) groups is 1. The van der Waals surface area contributed by atoms with Crippen molar-refractivity contribution >= 4 is 17.2 Å². The Morgan fingerprint density at radius 3 is 2.47 bits per heavy atom. The Balaban J connectivity index is 2.80. The average Bonchev–Trinajstić information content (AvgIpc) is 2.42. The van der Waals surface area contributed by atoms with Crippen molar-refractivity contribution in [2.45, 2.75) is 27.7 Å². The summed E-state index contributed by atoms with van der Waals surface area (Å²) in [6, 6.07) is 1.99. The second-order valence-corrected chi connectivity index (χ2v) is 5.87. The molecule has 0 fully saturated rings. The van der Waals surface area contributed by atoms with Crippen molar-refractivity contribution in [1.29, 1.82) is 0 Å². The maximum Gasteiger partial charge on any atom is 0.254 e. The highest BCUT2D eigenvalue weighted by atomic mass is 32.1. The molecule has 1 rings (SSSR count). The summed E-state index contributed by atoms with van der Waals surface area (Å²) in [6.07, 6.45) is 0. The molecule has 0 bridgehead atoms. The molecular formula is C12H19NOS. The predicted octanol–water partition coefficient (Wildman–Crippen LogP) is 3.09. The van der Waals surface area contributed by atoms with Gasteiger partial charge in [-0.2, -0.15) is 0 Å². The summed E-state index contributed by atoms with van der Waals surface area (Å²) in [5.74, 6) is 0.657. The largest absolute Gasteiger partial charge is 0.341 e. The summed E-state index contributed by atoms with van der Waals surface area (Å²) in [5, 5.41) is 0. The summed E-state index contributed by atoms with van der Waals surface area (Å²) in [5.41, 5.74) is 0.862. The van der Waals surface area contributed by atoms with Crippen LogP contribution in [0.4, 0.5) is 0 Å². The van der Waals surface area contributed by atoms with E-state index in [1.54, 1.807) is 16.2 Å². The summed E-state index contributed by atoms with van der Waals surface area (Å²) in [7, 11) is 1.87. The van der Waals surface area contributed by atoms with Gasteiger partial charge in [0.05, 0.1) is 5.56 Å². The maximum atomic E-state index is 12.0. The van der Waals surface area contributed by atoms with E-state index in [0.717, 1.165) is 17.0 Å². The average molecular weight is 225 g/mol. The van der Waals surface area contributed by atoms with Gasteiger partial charge in [0, 0.05) is 23.3 Å². The van der Waals surface area contributed by atoms with Crippen LogP contribution < -0.4 is 0 Å². The van der Waals surface area contributed by atoms with Crippen molar-refractivity contribution in [1.82, 2.24) is 4.90 Å². The van der Waals surface area contributed by atoms with Crippen molar-refractivity contribution in [2.75, 3.05) is 13.6 Å². The van der Waals surface area contributed by atoms with Crippen molar-refractivity contribution in [3.05, 3.63) is 21.4 Å². The first-order valence-electron chi connectivity index (χ1n) is 5.24. The monoisotopic (exact) mass is 225 g/mol. The van der Waals surface area contributed by atoms with Gasteiger partial charge < -0.3 is 4.90 Å². The molecule has 0 atom stereocenters. The number of amides is 1. The van der Waals surface area contributed by atoms with Crippen molar-refractivity contribution in [3.8, 4) is 0 Å². The van der Waals surface area contributed by atoms with Crippen LogP contribution in [0.1, 0.15) is 34.0 Å². The van der Waals surface area contributed by atoms with Crippen LogP contribution in [0.15, 0.2) is 6.07 Å². The van der Waals surface area contributed by atoms with E-state index in [1.165, 1.54) is 4.88 Å². The van der Waals surface area contributed by atoms with Crippen molar-refractivity contribution in [3.63, 3.8) is 0 Å². The van der Waals surface area contributed by atoms with E-state index in [1.807, 2.05) is 27.0 Å².